The first-order valence-electron chi connectivity index (χ1n) is 10.2. The minimum absolute atomic E-state index is 0.00935. The van der Waals surface area contributed by atoms with Gasteiger partial charge in [-0.2, -0.15) is 0 Å². The Balaban J connectivity index is 1.56. The van der Waals surface area contributed by atoms with Crippen molar-refractivity contribution >= 4 is 23.4 Å². The maximum Gasteiger partial charge on any atom is 0.411 e. The summed E-state index contributed by atoms with van der Waals surface area (Å²) in [7, 11) is 0. The maximum absolute atomic E-state index is 12.6. The summed E-state index contributed by atoms with van der Waals surface area (Å²) < 4.78 is 5.35. The summed E-state index contributed by atoms with van der Waals surface area (Å²) in [5.41, 5.74) is 3.55. The molecule has 5 nitrogen and oxygen atoms in total. The molecule has 0 spiro atoms. The summed E-state index contributed by atoms with van der Waals surface area (Å²) in [6, 6.07) is 15.9. The molecule has 2 amide bonds. The fraction of sp³-hybridized carbons (Fsp3) is 0.417. The molecule has 1 aliphatic heterocycles. The van der Waals surface area contributed by atoms with Gasteiger partial charge in [-0.3, -0.25) is 10.1 Å². The number of carbonyl (C=O) groups excluding carboxylic acids is 2. The second-order valence-corrected chi connectivity index (χ2v) is 8.85. The summed E-state index contributed by atoms with van der Waals surface area (Å²) in [5, 5.41) is 2.82. The maximum atomic E-state index is 12.6. The zero-order valence-corrected chi connectivity index (χ0v) is 17.3. The van der Waals surface area contributed by atoms with Gasteiger partial charge in [0, 0.05) is 23.7 Å². The monoisotopic (exact) mass is 392 g/mol. The molecule has 0 bridgehead atoms. The fourth-order valence-corrected chi connectivity index (χ4v) is 4.18. The Bertz CT molecular complexity index is 936. The number of hydrogen-bond donors (Lipinski definition) is 1. The van der Waals surface area contributed by atoms with Gasteiger partial charge in [0.25, 0.3) is 0 Å². The summed E-state index contributed by atoms with van der Waals surface area (Å²) >= 11 is 0. The van der Waals surface area contributed by atoms with E-state index in [-0.39, 0.29) is 11.3 Å². The number of hydrogen-bond acceptors (Lipinski definition) is 3. The first-order chi connectivity index (χ1) is 13.8. The second-order valence-electron chi connectivity index (χ2n) is 8.85. The third-order valence-electron chi connectivity index (χ3n) is 6.31. The number of fused-ring (bicyclic) bond motifs is 1. The van der Waals surface area contributed by atoms with E-state index in [0.717, 1.165) is 42.5 Å². The molecule has 1 heterocycles. The molecular formula is C24H28N2O3. The first kappa shape index (κ1) is 19.5. The van der Waals surface area contributed by atoms with E-state index >= 15 is 0 Å². The standard InChI is InChI=1S/C24H28N2O3/c1-17(27)26-21-10-9-20(25-22(28)29-16-23(2)13-14-23)15-18(21)11-12-24(26,3)19-7-5-4-6-8-19/h4-10,15H,11-14,16H2,1-3H3,(H,25,28). The van der Waals surface area contributed by atoms with Crippen molar-refractivity contribution in [2.45, 2.75) is 52.0 Å². The van der Waals surface area contributed by atoms with Gasteiger partial charge < -0.3 is 9.64 Å². The van der Waals surface area contributed by atoms with Gasteiger partial charge in [-0.1, -0.05) is 37.3 Å². The van der Waals surface area contributed by atoms with E-state index in [9.17, 15) is 9.59 Å². The summed E-state index contributed by atoms with van der Waals surface area (Å²) in [4.78, 5) is 26.6. The molecule has 0 aromatic heterocycles. The Morgan fingerprint density at radius 2 is 1.79 bits per heavy atom. The Morgan fingerprint density at radius 1 is 1.07 bits per heavy atom. The van der Waals surface area contributed by atoms with Crippen LogP contribution >= 0.6 is 0 Å². The number of rotatable bonds is 4. The molecule has 29 heavy (non-hydrogen) atoms. The number of nitrogens with zero attached hydrogens (tertiary/aromatic N) is 1. The molecule has 2 aromatic carbocycles. The fourth-order valence-electron chi connectivity index (χ4n) is 4.18. The number of carbonyl (C=O) groups is 2. The van der Waals surface area contributed by atoms with Gasteiger partial charge in [-0.15, -0.1) is 0 Å². The van der Waals surface area contributed by atoms with E-state index in [1.54, 1.807) is 6.92 Å². The zero-order valence-electron chi connectivity index (χ0n) is 17.3. The lowest BCUT2D eigenvalue weighted by Crippen LogP contribution is -2.50. The molecule has 1 unspecified atom stereocenters. The molecule has 2 aromatic rings. The smallest absolute Gasteiger partial charge is 0.411 e. The first-order valence-corrected chi connectivity index (χ1v) is 10.2. The van der Waals surface area contributed by atoms with E-state index in [1.807, 2.05) is 41.3 Å². The molecule has 0 saturated heterocycles. The molecule has 0 radical (unpaired) electrons. The van der Waals surface area contributed by atoms with Crippen LogP contribution in [0.2, 0.25) is 0 Å². The van der Waals surface area contributed by atoms with Gasteiger partial charge in [0.15, 0.2) is 0 Å². The Labute approximate surface area is 172 Å². The number of amides is 2. The predicted octanol–water partition coefficient (Wildman–Crippen LogP) is 5.25. The van der Waals surface area contributed by atoms with Crippen LogP contribution in [0.15, 0.2) is 48.5 Å². The highest BCUT2D eigenvalue weighted by Crippen LogP contribution is 2.45. The van der Waals surface area contributed by atoms with Crippen molar-refractivity contribution in [1.29, 1.82) is 0 Å². The average Bonchev–Trinajstić information content (AvgIpc) is 3.44. The summed E-state index contributed by atoms with van der Waals surface area (Å²) in [5.74, 6) is 0.00935. The quantitative estimate of drug-likeness (QED) is 0.773. The third-order valence-corrected chi connectivity index (χ3v) is 6.31. The van der Waals surface area contributed by atoms with Crippen LogP contribution in [0.25, 0.3) is 0 Å². The number of anilines is 2. The summed E-state index contributed by atoms with van der Waals surface area (Å²) in [6.45, 7) is 6.31. The van der Waals surface area contributed by atoms with E-state index in [1.165, 1.54) is 0 Å². The van der Waals surface area contributed by atoms with Gasteiger partial charge >= 0.3 is 6.09 Å². The van der Waals surface area contributed by atoms with Gasteiger partial charge in [0.05, 0.1) is 12.1 Å². The van der Waals surface area contributed by atoms with E-state index in [0.29, 0.717) is 12.3 Å². The molecule has 1 fully saturated rings. The van der Waals surface area contributed by atoms with E-state index in [4.69, 9.17) is 4.74 Å². The van der Waals surface area contributed by atoms with Crippen LogP contribution in [0.4, 0.5) is 16.2 Å². The highest BCUT2D eigenvalue weighted by atomic mass is 16.5. The van der Waals surface area contributed by atoms with Crippen LogP contribution in [-0.4, -0.2) is 18.6 Å². The normalized spacial score (nSPS) is 21.8. The van der Waals surface area contributed by atoms with E-state index in [2.05, 4.69) is 31.3 Å². The lowest BCUT2D eigenvalue weighted by molar-refractivity contribution is -0.118. The largest absolute Gasteiger partial charge is 0.449 e. The van der Waals surface area contributed by atoms with Crippen molar-refractivity contribution in [3.63, 3.8) is 0 Å². The van der Waals surface area contributed by atoms with Crippen molar-refractivity contribution in [3.05, 3.63) is 59.7 Å². The SMILES string of the molecule is CC(=O)N1c2ccc(NC(=O)OCC3(C)CC3)cc2CCC1(C)c1ccccc1. The highest BCUT2D eigenvalue weighted by molar-refractivity contribution is 5.95. The van der Waals surface area contributed by atoms with Crippen molar-refractivity contribution in [2.75, 3.05) is 16.8 Å². The molecule has 1 N–H and O–H groups in total. The minimum Gasteiger partial charge on any atom is -0.449 e. The van der Waals surface area contributed by atoms with Crippen LogP contribution in [-0.2, 0) is 21.5 Å². The molecule has 1 aliphatic carbocycles. The van der Waals surface area contributed by atoms with Gasteiger partial charge in [-0.05, 0) is 61.9 Å². The number of ether oxygens (including phenoxy) is 1. The van der Waals surface area contributed by atoms with Crippen molar-refractivity contribution in [3.8, 4) is 0 Å². The number of aryl methyl sites for hydroxylation is 1. The number of benzene rings is 2. The van der Waals surface area contributed by atoms with Crippen LogP contribution < -0.4 is 10.2 Å². The molecule has 2 aliphatic rings. The average molecular weight is 392 g/mol. The van der Waals surface area contributed by atoms with Crippen LogP contribution in [0.3, 0.4) is 0 Å². The topological polar surface area (TPSA) is 58.6 Å². The Hall–Kier alpha value is -2.82. The molecule has 1 saturated carbocycles. The van der Waals surface area contributed by atoms with Crippen molar-refractivity contribution < 1.29 is 14.3 Å². The van der Waals surface area contributed by atoms with E-state index < -0.39 is 11.6 Å². The lowest BCUT2D eigenvalue weighted by Gasteiger charge is -2.46. The third kappa shape index (κ3) is 3.86. The molecular weight excluding hydrogens is 364 g/mol. The minimum atomic E-state index is -0.425. The van der Waals surface area contributed by atoms with Crippen molar-refractivity contribution in [2.24, 2.45) is 5.41 Å². The van der Waals surface area contributed by atoms with Crippen LogP contribution in [0.1, 0.15) is 51.2 Å². The molecule has 1 atom stereocenters. The number of nitrogens with one attached hydrogen (secondary N) is 1. The Morgan fingerprint density at radius 3 is 2.45 bits per heavy atom. The van der Waals surface area contributed by atoms with Crippen LogP contribution in [0.5, 0.6) is 0 Å². The van der Waals surface area contributed by atoms with Crippen molar-refractivity contribution in [1.82, 2.24) is 0 Å². The van der Waals surface area contributed by atoms with Gasteiger partial charge in [0.1, 0.15) is 0 Å². The molecule has 152 valence electrons. The summed E-state index contributed by atoms with van der Waals surface area (Å²) in [6.07, 6.45) is 3.44. The van der Waals surface area contributed by atoms with Gasteiger partial charge in [0.2, 0.25) is 5.91 Å². The molecule has 4 rings (SSSR count). The van der Waals surface area contributed by atoms with Crippen LogP contribution in [0, 0.1) is 5.41 Å². The predicted molar refractivity (Wildman–Crippen MR) is 114 cm³/mol. The highest BCUT2D eigenvalue weighted by Gasteiger charge is 2.41. The lowest BCUT2D eigenvalue weighted by atomic mass is 9.80. The van der Waals surface area contributed by atoms with Gasteiger partial charge in [-0.25, -0.2) is 4.79 Å². The Kier molecular flexibility index (Phi) is 4.85. The molecule has 5 heteroatoms. The second kappa shape index (κ2) is 7.21. The zero-order chi connectivity index (χ0) is 20.6.